The lowest BCUT2D eigenvalue weighted by Gasteiger charge is -2.42. The third kappa shape index (κ3) is 6.14. The van der Waals surface area contributed by atoms with Gasteiger partial charge >= 0.3 is 6.01 Å². The van der Waals surface area contributed by atoms with Gasteiger partial charge < -0.3 is 19.4 Å². The van der Waals surface area contributed by atoms with E-state index in [1.165, 1.54) is 25.3 Å². The Kier molecular flexibility index (Phi) is 8.98. The van der Waals surface area contributed by atoms with Gasteiger partial charge in [-0.25, -0.2) is 0 Å². The Bertz CT molecular complexity index is 1720. The topological polar surface area (TPSA) is 88.8 Å². The molecule has 7 rings (SSSR count). The maximum atomic E-state index is 12.6. The van der Waals surface area contributed by atoms with Crippen LogP contribution < -0.4 is 14.5 Å². The van der Waals surface area contributed by atoms with Gasteiger partial charge in [0.25, 0.3) is 0 Å². The summed E-state index contributed by atoms with van der Waals surface area (Å²) < 4.78 is 6.70. The van der Waals surface area contributed by atoms with Crippen LogP contribution in [0.5, 0.6) is 6.01 Å². The summed E-state index contributed by atoms with van der Waals surface area (Å²) in [5, 5.41) is 13.0. The minimum absolute atomic E-state index is 0.144. The summed E-state index contributed by atoms with van der Waals surface area (Å²) in [6, 6.07) is 14.7. The number of carbonyl (C=O) groups excluding carboxylic acids is 1. The van der Waals surface area contributed by atoms with E-state index in [2.05, 4.69) is 77.3 Å². The highest BCUT2D eigenvalue weighted by Gasteiger charge is 2.59. The number of nitrogens with zero attached hydrogens (tertiary/aromatic N) is 7. The molecule has 1 aromatic heterocycles. The number of rotatable bonds is 10. The van der Waals surface area contributed by atoms with Gasteiger partial charge in [0, 0.05) is 54.1 Å². The van der Waals surface area contributed by atoms with Crippen molar-refractivity contribution in [3.05, 3.63) is 65.3 Å². The van der Waals surface area contributed by atoms with Crippen molar-refractivity contribution in [2.24, 2.45) is 5.92 Å². The van der Waals surface area contributed by atoms with E-state index in [-0.39, 0.29) is 18.4 Å². The molecule has 3 aliphatic heterocycles. The predicted molar refractivity (Wildman–Crippen MR) is 189 cm³/mol. The molecule has 0 N–H and O–H groups in total. The Hall–Kier alpha value is -3.52. The van der Waals surface area contributed by atoms with Crippen molar-refractivity contribution in [1.82, 2.24) is 19.8 Å². The number of piperazine rings is 1. The number of amides is 1. The van der Waals surface area contributed by atoms with E-state index in [1.807, 2.05) is 12.1 Å². The number of nitriles is 1. The molecule has 3 atom stereocenters. The normalized spacial score (nSPS) is 24.1. The van der Waals surface area contributed by atoms with Crippen molar-refractivity contribution in [3.63, 3.8) is 0 Å². The van der Waals surface area contributed by atoms with Gasteiger partial charge in [-0.05, 0) is 62.7 Å². The van der Waals surface area contributed by atoms with Crippen LogP contribution in [-0.2, 0) is 17.8 Å². The molecule has 0 bridgehead atoms. The molecule has 1 aliphatic carbocycles. The van der Waals surface area contributed by atoms with E-state index in [0.29, 0.717) is 48.9 Å². The fraction of sp³-hybridized carbons (Fsp3) is 0.500. The average molecular weight is 672 g/mol. The minimum atomic E-state index is -0.248. The fourth-order valence-electron chi connectivity index (χ4n) is 7.61. The zero-order valence-corrected chi connectivity index (χ0v) is 28.8. The standard InChI is InChI=1S/C36H42ClN7O2S/c1-4-31(45)44-19-18-43(22-26(44)14-16-38)33-27-15-17-42(30-13-6-9-24-8-5-12-28(37)32(24)30)23-29(27)39-35(40-33)46-21-20-41(3)34-36(2,47-34)25-10-7-11-25/h4-6,8-9,12-13,25-26,34H,1,7,10-11,14-15,17-23H2,2-3H3/t26-,34?,36+/m0/s1. The van der Waals surface area contributed by atoms with Crippen molar-refractivity contribution >= 4 is 51.5 Å². The molecule has 3 aromatic rings. The number of hydrogen-bond acceptors (Lipinski definition) is 9. The number of hydrogen-bond donors (Lipinski definition) is 0. The van der Waals surface area contributed by atoms with Crippen LogP contribution in [0.3, 0.4) is 0 Å². The van der Waals surface area contributed by atoms with Crippen LogP contribution in [0.2, 0.25) is 5.02 Å². The summed E-state index contributed by atoms with van der Waals surface area (Å²) in [4.78, 5) is 31.4. The van der Waals surface area contributed by atoms with Gasteiger partial charge in [0.1, 0.15) is 12.4 Å². The van der Waals surface area contributed by atoms with Gasteiger partial charge in [0.05, 0.1) is 41.2 Å². The van der Waals surface area contributed by atoms with Crippen LogP contribution in [-0.4, -0.2) is 88.2 Å². The lowest BCUT2D eigenvalue weighted by atomic mass is 9.76. The van der Waals surface area contributed by atoms with E-state index in [4.69, 9.17) is 26.3 Å². The van der Waals surface area contributed by atoms with Crippen molar-refractivity contribution < 1.29 is 9.53 Å². The third-order valence-corrected chi connectivity index (χ3v) is 12.8. The Morgan fingerprint density at radius 3 is 2.77 bits per heavy atom. The number of ether oxygens (including phenoxy) is 1. The summed E-state index contributed by atoms with van der Waals surface area (Å²) in [5.41, 5.74) is 3.12. The maximum Gasteiger partial charge on any atom is 0.318 e. The summed E-state index contributed by atoms with van der Waals surface area (Å²) in [5.74, 6) is 1.53. The van der Waals surface area contributed by atoms with Crippen LogP contribution in [0.15, 0.2) is 49.1 Å². The van der Waals surface area contributed by atoms with Crippen molar-refractivity contribution in [3.8, 4) is 12.1 Å². The molecular weight excluding hydrogens is 630 g/mol. The number of likely N-dealkylation sites (N-methyl/N-ethyl adjacent to an activating group) is 1. The quantitative estimate of drug-likeness (QED) is 0.193. The van der Waals surface area contributed by atoms with Gasteiger partial charge in [0.2, 0.25) is 5.91 Å². The molecular formula is C36H42ClN7O2S. The number of aromatic nitrogens is 2. The third-order valence-electron chi connectivity index (χ3n) is 10.6. The Morgan fingerprint density at radius 2 is 2.02 bits per heavy atom. The Balaban J connectivity index is 1.15. The summed E-state index contributed by atoms with van der Waals surface area (Å²) >= 11 is 8.82. The molecule has 11 heteroatoms. The number of anilines is 2. The highest BCUT2D eigenvalue weighted by atomic mass is 35.5. The first-order valence-corrected chi connectivity index (χ1v) is 17.9. The Morgan fingerprint density at radius 1 is 1.21 bits per heavy atom. The lowest BCUT2D eigenvalue weighted by molar-refractivity contribution is -0.128. The molecule has 2 saturated heterocycles. The van der Waals surface area contributed by atoms with Gasteiger partial charge in [-0.1, -0.05) is 48.9 Å². The molecule has 47 heavy (non-hydrogen) atoms. The molecule has 0 radical (unpaired) electrons. The molecule has 1 saturated carbocycles. The van der Waals surface area contributed by atoms with Crippen LogP contribution in [0, 0.1) is 17.2 Å². The first kappa shape index (κ1) is 32.0. The smallest absolute Gasteiger partial charge is 0.318 e. The molecule has 1 amide bonds. The first-order valence-electron chi connectivity index (χ1n) is 16.7. The second kappa shape index (κ2) is 13.2. The molecule has 2 aromatic carbocycles. The SMILES string of the molecule is C=CC(=O)N1CCN(c2nc(OCCN(C)C3S[C@]3(C)C3CCC3)nc3c2CCN(c2cccc4cccc(Cl)c24)C3)C[C@@H]1CC#N. The van der Waals surface area contributed by atoms with E-state index < -0.39 is 0 Å². The second-order valence-corrected chi connectivity index (χ2v) is 15.3. The molecule has 9 nitrogen and oxygen atoms in total. The Labute approximate surface area is 286 Å². The van der Waals surface area contributed by atoms with E-state index in [1.54, 1.807) is 4.90 Å². The predicted octanol–water partition coefficient (Wildman–Crippen LogP) is 5.91. The summed E-state index contributed by atoms with van der Waals surface area (Å²) in [7, 11) is 2.19. The number of halogens is 1. The molecule has 1 unspecified atom stereocenters. The fourth-order valence-corrected chi connectivity index (χ4v) is 9.38. The second-order valence-electron chi connectivity index (χ2n) is 13.4. The first-order chi connectivity index (χ1) is 22.8. The average Bonchev–Trinajstić information content (AvgIpc) is 3.74. The zero-order chi connectivity index (χ0) is 32.7. The number of fused-ring (bicyclic) bond motifs is 2. The van der Waals surface area contributed by atoms with Gasteiger partial charge in [-0.15, -0.1) is 11.8 Å². The summed E-state index contributed by atoms with van der Waals surface area (Å²) in [6.07, 6.45) is 6.39. The molecule has 0 spiro atoms. The van der Waals surface area contributed by atoms with Crippen LogP contribution in [0.25, 0.3) is 10.8 Å². The zero-order valence-electron chi connectivity index (χ0n) is 27.2. The van der Waals surface area contributed by atoms with E-state index in [9.17, 15) is 10.1 Å². The van der Waals surface area contributed by atoms with Crippen molar-refractivity contribution in [2.45, 2.75) is 61.7 Å². The van der Waals surface area contributed by atoms with Crippen molar-refractivity contribution in [1.29, 1.82) is 5.26 Å². The molecule has 4 heterocycles. The number of carbonyl (C=O) groups is 1. The highest BCUT2D eigenvalue weighted by molar-refractivity contribution is 8.08. The minimum Gasteiger partial charge on any atom is -0.462 e. The molecule has 3 fully saturated rings. The monoisotopic (exact) mass is 671 g/mol. The largest absolute Gasteiger partial charge is 0.462 e. The van der Waals surface area contributed by atoms with E-state index >= 15 is 0 Å². The van der Waals surface area contributed by atoms with Crippen LogP contribution >= 0.6 is 23.4 Å². The summed E-state index contributed by atoms with van der Waals surface area (Å²) in [6.45, 7) is 10.4. The van der Waals surface area contributed by atoms with Gasteiger partial charge in [-0.3, -0.25) is 9.69 Å². The van der Waals surface area contributed by atoms with Crippen molar-refractivity contribution in [2.75, 3.05) is 56.2 Å². The number of thioether (sulfide) groups is 1. The van der Waals surface area contributed by atoms with E-state index in [0.717, 1.165) is 64.0 Å². The van der Waals surface area contributed by atoms with Crippen LogP contribution in [0.4, 0.5) is 11.5 Å². The van der Waals surface area contributed by atoms with Crippen LogP contribution in [0.1, 0.15) is 43.9 Å². The molecule has 246 valence electrons. The van der Waals surface area contributed by atoms with Gasteiger partial charge in [0.15, 0.2) is 0 Å². The lowest BCUT2D eigenvalue weighted by Crippen LogP contribution is -2.55. The maximum absolute atomic E-state index is 12.6. The highest BCUT2D eigenvalue weighted by Crippen LogP contribution is 2.63. The van der Waals surface area contributed by atoms with Gasteiger partial charge in [-0.2, -0.15) is 15.2 Å². The number of benzene rings is 2. The molecule has 4 aliphatic rings.